The minimum atomic E-state index is -0.961. The van der Waals surface area contributed by atoms with Gasteiger partial charge in [-0.05, 0) is 43.7 Å². The highest BCUT2D eigenvalue weighted by molar-refractivity contribution is 6.03. The molecule has 0 spiro atoms. The van der Waals surface area contributed by atoms with Crippen LogP contribution in [0, 0.1) is 5.82 Å². The van der Waals surface area contributed by atoms with Crippen molar-refractivity contribution >= 4 is 17.3 Å². The standard InChI is InChI=1S/C21H24FN3O2/c1-21(2)20(26)25(14-15-6-8-16(22)9-7-15)18-5-3-4-17(19(18)27-21)24-12-10-23-11-13-24/h3-9,23H,10-14H2,1-2H3. The summed E-state index contributed by atoms with van der Waals surface area (Å²) in [5.41, 5.74) is 1.69. The van der Waals surface area contributed by atoms with E-state index in [1.54, 1.807) is 30.9 Å². The summed E-state index contributed by atoms with van der Waals surface area (Å²) >= 11 is 0. The second kappa shape index (κ2) is 6.85. The molecule has 0 bridgehead atoms. The highest BCUT2D eigenvalue weighted by atomic mass is 19.1. The Hall–Kier alpha value is -2.60. The van der Waals surface area contributed by atoms with Crippen LogP contribution in [0.15, 0.2) is 42.5 Å². The SMILES string of the molecule is CC1(C)Oc2c(N3CCNCC3)cccc2N(Cc2ccc(F)cc2)C1=O. The lowest BCUT2D eigenvalue weighted by molar-refractivity contribution is -0.132. The lowest BCUT2D eigenvalue weighted by atomic mass is 10.0. The van der Waals surface area contributed by atoms with Crippen LogP contribution in [0.3, 0.4) is 0 Å². The van der Waals surface area contributed by atoms with Crippen LogP contribution in [0.1, 0.15) is 19.4 Å². The van der Waals surface area contributed by atoms with Crippen molar-refractivity contribution in [3.05, 3.63) is 53.8 Å². The first kappa shape index (κ1) is 17.8. The first-order valence-electron chi connectivity index (χ1n) is 9.30. The van der Waals surface area contributed by atoms with E-state index in [1.807, 2.05) is 18.2 Å². The number of halogens is 1. The fraction of sp³-hybridized carbons (Fsp3) is 0.381. The molecule has 2 aromatic carbocycles. The van der Waals surface area contributed by atoms with Crippen LogP contribution in [0.2, 0.25) is 0 Å². The van der Waals surface area contributed by atoms with Crippen molar-refractivity contribution in [3.8, 4) is 5.75 Å². The van der Waals surface area contributed by atoms with E-state index in [-0.39, 0.29) is 11.7 Å². The summed E-state index contributed by atoms with van der Waals surface area (Å²) in [5, 5.41) is 3.36. The van der Waals surface area contributed by atoms with Gasteiger partial charge in [0.05, 0.1) is 17.9 Å². The maximum absolute atomic E-state index is 13.3. The molecule has 4 rings (SSSR count). The second-order valence-corrected chi connectivity index (χ2v) is 7.49. The predicted molar refractivity (Wildman–Crippen MR) is 104 cm³/mol. The zero-order chi connectivity index (χ0) is 19.0. The summed E-state index contributed by atoms with van der Waals surface area (Å²) in [5.74, 6) is 0.358. The second-order valence-electron chi connectivity index (χ2n) is 7.49. The van der Waals surface area contributed by atoms with Crippen molar-refractivity contribution in [1.29, 1.82) is 0 Å². The van der Waals surface area contributed by atoms with Gasteiger partial charge in [-0.25, -0.2) is 4.39 Å². The summed E-state index contributed by atoms with van der Waals surface area (Å²) in [6.07, 6.45) is 0. The normalized spacial score (nSPS) is 18.9. The number of hydrogen-bond donors (Lipinski definition) is 1. The van der Waals surface area contributed by atoms with Crippen LogP contribution in [-0.4, -0.2) is 37.7 Å². The molecule has 2 aliphatic rings. The van der Waals surface area contributed by atoms with Crippen LogP contribution >= 0.6 is 0 Å². The Morgan fingerprint density at radius 2 is 1.74 bits per heavy atom. The van der Waals surface area contributed by atoms with E-state index in [4.69, 9.17) is 4.74 Å². The van der Waals surface area contributed by atoms with Crippen LogP contribution in [0.4, 0.5) is 15.8 Å². The van der Waals surface area contributed by atoms with Gasteiger partial charge in [-0.2, -0.15) is 0 Å². The van der Waals surface area contributed by atoms with Gasteiger partial charge in [0, 0.05) is 26.2 Å². The average Bonchev–Trinajstić information content (AvgIpc) is 2.67. The first-order chi connectivity index (χ1) is 13.0. The number of anilines is 2. The lowest BCUT2D eigenvalue weighted by Gasteiger charge is -2.41. The zero-order valence-electron chi connectivity index (χ0n) is 15.7. The fourth-order valence-corrected chi connectivity index (χ4v) is 3.65. The van der Waals surface area contributed by atoms with Crippen molar-refractivity contribution in [1.82, 2.24) is 5.32 Å². The third-order valence-corrected chi connectivity index (χ3v) is 5.09. The largest absolute Gasteiger partial charge is 0.474 e. The Balaban J connectivity index is 1.74. The number of nitrogens with one attached hydrogen (secondary N) is 1. The molecule has 0 unspecified atom stereocenters. The van der Waals surface area contributed by atoms with Gasteiger partial charge in [-0.3, -0.25) is 4.79 Å². The van der Waals surface area contributed by atoms with E-state index in [1.165, 1.54) is 12.1 Å². The third-order valence-electron chi connectivity index (χ3n) is 5.09. The summed E-state index contributed by atoms with van der Waals surface area (Å²) in [6.45, 7) is 7.60. The molecule has 1 amide bonds. The Morgan fingerprint density at radius 1 is 1.07 bits per heavy atom. The number of carbonyl (C=O) groups is 1. The molecule has 6 heteroatoms. The van der Waals surface area contributed by atoms with Gasteiger partial charge in [-0.15, -0.1) is 0 Å². The van der Waals surface area contributed by atoms with Gasteiger partial charge in [0.25, 0.3) is 5.91 Å². The van der Waals surface area contributed by atoms with Crippen LogP contribution < -0.4 is 19.9 Å². The minimum Gasteiger partial charge on any atom is -0.474 e. The van der Waals surface area contributed by atoms with Crippen LogP contribution in [-0.2, 0) is 11.3 Å². The maximum Gasteiger partial charge on any atom is 0.271 e. The molecule has 1 N–H and O–H groups in total. The molecule has 2 aliphatic heterocycles. The molecule has 142 valence electrons. The van der Waals surface area contributed by atoms with Gasteiger partial charge in [-0.1, -0.05) is 18.2 Å². The number of nitrogens with zero attached hydrogens (tertiary/aromatic N) is 2. The summed E-state index contributed by atoms with van der Waals surface area (Å²) in [4.78, 5) is 17.1. The molecular weight excluding hydrogens is 345 g/mol. The smallest absolute Gasteiger partial charge is 0.271 e. The van der Waals surface area contributed by atoms with E-state index in [9.17, 15) is 9.18 Å². The lowest BCUT2D eigenvalue weighted by Crippen LogP contribution is -2.52. The zero-order valence-corrected chi connectivity index (χ0v) is 15.7. The van der Waals surface area contributed by atoms with Gasteiger partial charge in [0.1, 0.15) is 5.82 Å². The molecule has 0 radical (unpaired) electrons. The van der Waals surface area contributed by atoms with Crippen molar-refractivity contribution in [2.24, 2.45) is 0 Å². The number of para-hydroxylation sites is 1. The molecule has 0 aliphatic carbocycles. The van der Waals surface area contributed by atoms with Gasteiger partial charge in [0.15, 0.2) is 11.4 Å². The van der Waals surface area contributed by atoms with Crippen LogP contribution in [0.25, 0.3) is 0 Å². The van der Waals surface area contributed by atoms with Crippen molar-refractivity contribution in [2.75, 3.05) is 36.0 Å². The van der Waals surface area contributed by atoms with Gasteiger partial charge >= 0.3 is 0 Å². The number of fused-ring (bicyclic) bond motifs is 1. The first-order valence-corrected chi connectivity index (χ1v) is 9.30. The van der Waals surface area contributed by atoms with Crippen molar-refractivity contribution in [2.45, 2.75) is 26.0 Å². The van der Waals surface area contributed by atoms with E-state index in [2.05, 4.69) is 10.2 Å². The summed E-state index contributed by atoms with van der Waals surface area (Å²) in [6, 6.07) is 12.2. The quantitative estimate of drug-likeness (QED) is 0.904. The number of piperazine rings is 1. The number of rotatable bonds is 3. The molecule has 5 nitrogen and oxygen atoms in total. The third kappa shape index (κ3) is 3.37. The molecule has 0 atom stereocenters. The Kier molecular flexibility index (Phi) is 4.52. The number of hydrogen-bond acceptors (Lipinski definition) is 4. The topological polar surface area (TPSA) is 44.8 Å². The Labute approximate surface area is 158 Å². The summed E-state index contributed by atoms with van der Waals surface area (Å²) in [7, 11) is 0. The molecule has 1 saturated heterocycles. The maximum atomic E-state index is 13.3. The molecule has 27 heavy (non-hydrogen) atoms. The van der Waals surface area contributed by atoms with E-state index < -0.39 is 5.60 Å². The minimum absolute atomic E-state index is 0.100. The van der Waals surface area contributed by atoms with Gasteiger partial charge < -0.3 is 19.9 Å². The highest BCUT2D eigenvalue weighted by Gasteiger charge is 2.42. The average molecular weight is 369 g/mol. The van der Waals surface area contributed by atoms with Crippen LogP contribution in [0.5, 0.6) is 5.75 Å². The van der Waals surface area contributed by atoms with Crippen molar-refractivity contribution < 1.29 is 13.9 Å². The molecule has 0 aromatic heterocycles. The van der Waals surface area contributed by atoms with E-state index in [0.717, 1.165) is 48.9 Å². The van der Waals surface area contributed by atoms with E-state index >= 15 is 0 Å². The monoisotopic (exact) mass is 369 g/mol. The Morgan fingerprint density at radius 3 is 2.44 bits per heavy atom. The number of benzene rings is 2. The van der Waals surface area contributed by atoms with E-state index in [0.29, 0.717) is 6.54 Å². The molecule has 0 saturated carbocycles. The molecule has 1 fully saturated rings. The fourth-order valence-electron chi connectivity index (χ4n) is 3.65. The number of carbonyl (C=O) groups excluding carboxylic acids is 1. The number of amides is 1. The summed E-state index contributed by atoms with van der Waals surface area (Å²) < 4.78 is 19.4. The molecular formula is C21H24FN3O2. The Bertz CT molecular complexity index is 845. The predicted octanol–water partition coefficient (Wildman–Crippen LogP) is 2.94. The highest BCUT2D eigenvalue weighted by Crippen LogP contribution is 2.45. The van der Waals surface area contributed by atoms with Crippen molar-refractivity contribution in [3.63, 3.8) is 0 Å². The van der Waals surface area contributed by atoms with Gasteiger partial charge in [0.2, 0.25) is 0 Å². The molecule has 2 aromatic rings. The number of ether oxygens (including phenoxy) is 1. The molecule has 2 heterocycles.